The molecule has 11 heteroatoms. The molecule has 3 atom stereocenters. The summed E-state index contributed by atoms with van der Waals surface area (Å²) in [6.45, 7) is 3.38. The molecule has 0 radical (unpaired) electrons. The van der Waals surface area contributed by atoms with Gasteiger partial charge in [0.2, 0.25) is 5.91 Å². The monoisotopic (exact) mass is 533 g/mol. The molecule has 1 heterocycles. The minimum Gasteiger partial charge on any atom is -0.445 e. The van der Waals surface area contributed by atoms with Gasteiger partial charge in [-0.05, 0) is 43.6 Å². The SMILES string of the molecule is CC(C)C[C@H](NC(=O)OCc1ccccc1)C(=O)N1CCC[C@H]1C(=O)C[C@@H](CCCN=C(N)N)C(=O)CF. The van der Waals surface area contributed by atoms with Crippen molar-refractivity contribution >= 4 is 29.5 Å². The maximum atomic E-state index is 13.5. The first kappa shape index (κ1) is 30.7. The number of ketones is 2. The van der Waals surface area contributed by atoms with Crippen molar-refractivity contribution in [3.05, 3.63) is 35.9 Å². The molecule has 0 aliphatic carbocycles. The van der Waals surface area contributed by atoms with Crippen molar-refractivity contribution in [2.24, 2.45) is 28.3 Å². The van der Waals surface area contributed by atoms with E-state index in [0.29, 0.717) is 32.2 Å². The molecule has 0 bridgehead atoms. The average Bonchev–Trinajstić information content (AvgIpc) is 3.38. The van der Waals surface area contributed by atoms with Crippen LogP contribution in [0, 0.1) is 11.8 Å². The Morgan fingerprint density at radius 3 is 2.53 bits per heavy atom. The number of carbonyl (C=O) groups is 4. The molecule has 38 heavy (non-hydrogen) atoms. The summed E-state index contributed by atoms with van der Waals surface area (Å²) in [4.78, 5) is 56.7. The van der Waals surface area contributed by atoms with E-state index < -0.39 is 36.6 Å². The van der Waals surface area contributed by atoms with E-state index in [1.54, 1.807) is 0 Å². The van der Waals surface area contributed by atoms with Crippen LogP contribution in [0.15, 0.2) is 35.3 Å². The van der Waals surface area contributed by atoms with Crippen LogP contribution in [0.4, 0.5) is 9.18 Å². The molecule has 5 N–H and O–H groups in total. The van der Waals surface area contributed by atoms with Gasteiger partial charge >= 0.3 is 6.09 Å². The third kappa shape index (κ3) is 10.1. The lowest BCUT2D eigenvalue weighted by atomic mass is 9.90. The van der Waals surface area contributed by atoms with E-state index in [0.717, 1.165) is 5.56 Å². The molecule has 0 spiro atoms. The second-order valence-electron chi connectivity index (χ2n) is 9.99. The molecule has 0 aromatic heterocycles. The van der Waals surface area contributed by atoms with Crippen LogP contribution in [-0.2, 0) is 25.7 Å². The van der Waals surface area contributed by atoms with Crippen LogP contribution < -0.4 is 16.8 Å². The fourth-order valence-corrected chi connectivity index (χ4v) is 4.58. The highest BCUT2D eigenvalue weighted by molar-refractivity contribution is 5.95. The Morgan fingerprint density at radius 1 is 1.18 bits per heavy atom. The lowest BCUT2D eigenvalue weighted by Crippen LogP contribution is -2.52. The van der Waals surface area contributed by atoms with Crippen molar-refractivity contribution in [1.82, 2.24) is 10.2 Å². The third-order valence-electron chi connectivity index (χ3n) is 6.46. The summed E-state index contributed by atoms with van der Waals surface area (Å²) in [5.41, 5.74) is 11.4. The summed E-state index contributed by atoms with van der Waals surface area (Å²) in [5.74, 6) is -2.11. The molecule has 0 unspecified atom stereocenters. The lowest BCUT2D eigenvalue weighted by molar-refractivity contribution is -0.140. The molecule has 210 valence electrons. The zero-order valence-electron chi connectivity index (χ0n) is 22.2. The lowest BCUT2D eigenvalue weighted by Gasteiger charge is -2.30. The second-order valence-corrected chi connectivity index (χ2v) is 9.99. The van der Waals surface area contributed by atoms with Gasteiger partial charge in [0.05, 0.1) is 6.04 Å². The highest BCUT2D eigenvalue weighted by Gasteiger charge is 2.39. The number of alkyl halides is 1. The van der Waals surface area contributed by atoms with Gasteiger partial charge in [-0.25, -0.2) is 9.18 Å². The summed E-state index contributed by atoms with van der Waals surface area (Å²) in [6.07, 6.45) is 1.22. The quantitative estimate of drug-likeness (QED) is 0.178. The molecule has 1 fully saturated rings. The molecule has 1 aliphatic heterocycles. The Labute approximate surface area is 223 Å². The Bertz CT molecular complexity index is 968. The molecule has 1 aromatic carbocycles. The predicted octanol–water partition coefficient (Wildman–Crippen LogP) is 2.49. The first-order chi connectivity index (χ1) is 18.1. The number of guanidine groups is 1. The van der Waals surface area contributed by atoms with Crippen molar-refractivity contribution in [3.8, 4) is 0 Å². The number of ether oxygens (including phenoxy) is 1. The van der Waals surface area contributed by atoms with E-state index in [4.69, 9.17) is 16.2 Å². The number of nitrogens with one attached hydrogen (secondary N) is 1. The van der Waals surface area contributed by atoms with Crippen LogP contribution in [0.3, 0.4) is 0 Å². The number of rotatable bonds is 15. The summed E-state index contributed by atoms with van der Waals surface area (Å²) in [5, 5.41) is 2.67. The minimum atomic E-state index is -1.17. The number of carbonyl (C=O) groups excluding carboxylic acids is 4. The Kier molecular flexibility index (Phi) is 12.7. The standard InChI is InChI=1S/C27H40FN5O5/c1-18(2)14-21(32-27(37)38-17-19-8-4-3-5-9-19)25(36)33-13-7-11-22(33)23(34)15-20(24(35)16-28)10-6-12-31-26(29)30/h3-5,8-9,18,20-22H,6-7,10-17H2,1-2H3,(H,32,37)(H4,29,30,31)/t20-,21+,22+/m1/s1. The Morgan fingerprint density at radius 2 is 1.89 bits per heavy atom. The number of nitrogens with two attached hydrogens (primary N) is 2. The summed E-state index contributed by atoms with van der Waals surface area (Å²) in [6, 6.07) is 7.58. The summed E-state index contributed by atoms with van der Waals surface area (Å²) in [7, 11) is 0. The number of hydrogen-bond acceptors (Lipinski definition) is 6. The van der Waals surface area contributed by atoms with Crippen LogP contribution in [-0.4, -0.2) is 66.3 Å². The van der Waals surface area contributed by atoms with Gasteiger partial charge in [-0.15, -0.1) is 0 Å². The molecule has 2 amide bonds. The van der Waals surface area contributed by atoms with E-state index in [1.165, 1.54) is 4.90 Å². The predicted molar refractivity (Wildman–Crippen MR) is 142 cm³/mol. The van der Waals surface area contributed by atoms with Crippen molar-refractivity contribution in [1.29, 1.82) is 0 Å². The van der Waals surface area contributed by atoms with Crippen LogP contribution in [0.5, 0.6) is 0 Å². The highest BCUT2D eigenvalue weighted by Crippen LogP contribution is 2.25. The number of benzene rings is 1. The summed E-state index contributed by atoms with van der Waals surface area (Å²) >= 11 is 0. The number of likely N-dealkylation sites (tertiary alicyclic amines) is 1. The molecule has 0 saturated carbocycles. The third-order valence-corrected chi connectivity index (χ3v) is 6.46. The number of amides is 2. The number of nitrogens with zero attached hydrogens (tertiary/aromatic N) is 2. The van der Waals surface area contributed by atoms with Gasteiger partial charge in [0.15, 0.2) is 17.5 Å². The van der Waals surface area contributed by atoms with Crippen molar-refractivity contribution < 1.29 is 28.3 Å². The molecule has 2 rings (SSSR count). The van der Waals surface area contributed by atoms with Gasteiger partial charge in [0.1, 0.15) is 19.3 Å². The van der Waals surface area contributed by atoms with Gasteiger partial charge in [-0.3, -0.25) is 19.4 Å². The average molecular weight is 534 g/mol. The fraction of sp³-hybridized carbons (Fsp3) is 0.593. The van der Waals surface area contributed by atoms with Crippen molar-refractivity contribution in [2.45, 2.75) is 71.1 Å². The van der Waals surface area contributed by atoms with Crippen LogP contribution >= 0.6 is 0 Å². The minimum absolute atomic E-state index is 0.0628. The van der Waals surface area contributed by atoms with Crippen LogP contribution in [0.1, 0.15) is 57.9 Å². The van der Waals surface area contributed by atoms with Gasteiger partial charge in [-0.2, -0.15) is 0 Å². The fourth-order valence-electron chi connectivity index (χ4n) is 4.58. The Balaban J connectivity index is 2.04. The number of Topliss-reactive ketones (excluding diaryl/α,β-unsaturated/α-hetero) is 2. The number of hydrogen-bond donors (Lipinski definition) is 3. The normalized spacial score (nSPS) is 16.5. The van der Waals surface area contributed by atoms with Crippen molar-refractivity contribution in [3.63, 3.8) is 0 Å². The molecular weight excluding hydrogens is 493 g/mol. The van der Waals surface area contributed by atoms with Crippen LogP contribution in [0.25, 0.3) is 0 Å². The van der Waals surface area contributed by atoms with E-state index in [2.05, 4.69) is 10.3 Å². The molecular formula is C27H40FN5O5. The Hall–Kier alpha value is -3.50. The molecule has 10 nitrogen and oxygen atoms in total. The van der Waals surface area contributed by atoms with E-state index >= 15 is 0 Å². The van der Waals surface area contributed by atoms with Crippen LogP contribution in [0.2, 0.25) is 0 Å². The first-order valence-electron chi connectivity index (χ1n) is 13.1. The smallest absolute Gasteiger partial charge is 0.408 e. The maximum absolute atomic E-state index is 13.5. The zero-order valence-corrected chi connectivity index (χ0v) is 22.2. The van der Waals surface area contributed by atoms with Gasteiger partial charge in [0, 0.05) is 25.4 Å². The largest absolute Gasteiger partial charge is 0.445 e. The topological polar surface area (TPSA) is 157 Å². The van der Waals surface area contributed by atoms with Gasteiger partial charge in [0.25, 0.3) is 0 Å². The van der Waals surface area contributed by atoms with Gasteiger partial charge < -0.3 is 26.4 Å². The molecule has 1 aliphatic rings. The highest BCUT2D eigenvalue weighted by atomic mass is 19.1. The summed E-state index contributed by atoms with van der Waals surface area (Å²) < 4.78 is 18.5. The maximum Gasteiger partial charge on any atom is 0.408 e. The van der Waals surface area contributed by atoms with Crippen molar-refractivity contribution in [2.75, 3.05) is 19.8 Å². The van der Waals surface area contributed by atoms with Gasteiger partial charge in [-0.1, -0.05) is 44.2 Å². The molecule has 1 saturated heterocycles. The first-order valence-corrected chi connectivity index (χ1v) is 13.1. The van der Waals surface area contributed by atoms with E-state index in [1.807, 2.05) is 44.2 Å². The van der Waals surface area contributed by atoms with E-state index in [-0.39, 0.29) is 49.6 Å². The number of halogens is 1. The zero-order chi connectivity index (χ0) is 28.1. The molecule has 1 aromatic rings. The second kappa shape index (κ2) is 15.7. The number of aliphatic imine (C=N–C) groups is 1. The number of alkyl carbamates (subject to hydrolysis) is 1. The van der Waals surface area contributed by atoms with E-state index in [9.17, 15) is 23.6 Å².